The van der Waals surface area contributed by atoms with Crippen LogP contribution < -0.4 is 0 Å². The minimum absolute atomic E-state index is 0.0471. The molecule has 0 bridgehead atoms. The van der Waals surface area contributed by atoms with Crippen LogP contribution in [0.2, 0.25) is 0 Å². The standard InChI is InChI=1S/C15H19N3O2S2/c1-4-18(5-2)13(19)8-17(3)15(20)12-10-22-14(16-12)11-6-7-21-9-11/h6-7,9-10H,4-5,8H2,1-3H3. The van der Waals surface area contributed by atoms with Gasteiger partial charge in [0.1, 0.15) is 10.7 Å². The van der Waals surface area contributed by atoms with Crippen LogP contribution in [-0.2, 0) is 4.79 Å². The van der Waals surface area contributed by atoms with E-state index in [1.807, 2.05) is 30.7 Å². The number of thiophene rings is 1. The molecular formula is C15H19N3O2S2. The van der Waals surface area contributed by atoms with Crippen LogP contribution in [0.15, 0.2) is 22.2 Å². The molecule has 5 nitrogen and oxygen atoms in total. The van der Waals surface area contributed by atoms with Crippen LogP contribution in [0, 0.1) is 0 Å². The molecule has 22 heavy (non-hydrogen) atoms. The average molecular weight is 337 g/mol. The Morgan fingerprint density at radius 2 is 1.95 bits per heavy atom. The van der Waals surface area contributed by atoms with E-state index in [1.54, 1.807) is 28.7 Å². The predicted octanol–water partition coefficient (Wildman–Crippen LogP) is 2.81. The Hall–Kier alpha value is -1.73. The quantitative estimate of drug-likeness (QED) is 0.814. The average Bonchev–Trinajstić information content (AvgIpc) is 3.18. The van der Waals surface area contributed by atoms with E-state index >= 15 is 0 Å². The lowest BCUT2D eigenvalue weighted by Gasteiger charge is -2.22. The highest BCUT2D eigenvalue weighted by Gasteiger charge is 2.20. The van der Waals surface area contributed by atoms with Crippen molar-refractivity contribution in [1.82, 2.24) is 14.8 Å². The molecule has 7 heteroatoms. The third kappa shape index (κ3) is 3.72. The Morgan fingerprint density at radius 3 is 2.55 bits per heavy atom. The van der Waals surface area contributed by atoms with Gasteiger partial charge in [0.25, 0.3) is 5.91 Å². The van der Waals surface area contributed by atoms with Crippen LogP contribution >= 0.6 is 22.7 Å². The minimum Gasteiger partial charge on any atom is -0.342 e. The van der Waals surface area contributed by atoms with Crippen molar-refractivity contribution >= 4 is 34.5 Å². The molecule has 2 aromatic heterocycles. The molecule has 0 spiro atoms. The summed E-state index contributed by atoms with van der Waals surface area (Å²) in [4.78, 5) is 31.9. The third-order valence-electron chi connectivity index (χ3n) is 3.33. The van der Waals surface area contributed by atoms with Crippen LogP contribution in [0.25, 0.3) is 10.6 Å². The summed E-state index contributed by atoms with van der Waals surface area (Å²) >= 11 is 3.04. The molecule has 0 fully saturated rings. The highest BCUT2D eigenvalue weighted by Crippen LogP contribution is 2.26. The van der Waals surface area contributed by atoms with Gasteiger partial charge in [-0.15, -0.1) is 11.3 Å². The van der Waals surface area contributed by atoms with Crippen LogP contribution in [0.1, 0.15) is 24.3 Å². The van der Waals surface area contributed by atoms with Gasteiger partial charge in [-0.25, -0.2) is 4.98 Å². The first-order valence-electron chi connectivity index (χ1n) is 7.08. The second-order valence-corrected chi connectivity index (χ2v) is 6.42. The van der Waals surface area contributed by atoms with Crippen molar-refractivity contribution in [3.05, 3.63) is 27.9 Å². The number of thiazole rings is 1. The smallest absolute Gasteiger partial charge is 0.273 e. The number of carbonyl (C=O) groups excluding carboxylic acids is 2. The molecule has 0 aromatic carbocycles. The first-order valence-corrected chi connectivity index (χ1v) is 8.90. The summed E-state index contributed by atoms with van der Waals surface area (Å²) in [6, 6.07) is 1.98. The number of rotatable bonds is 6. The van der Waals surface area contributed by atoms with Gasteiger partial charge in [0, 0.05) is 36.5 Å². The van der Waals surface area contributed by atoms with Crippen molar-refractivity contribution < 1.29 is 9.59 Å². The molecule has 0 radical (unpaired) electrons. The van der Waals surface area contributed by atoms with Gasteiger partial charge in [0.2, 0.25) is 5.91 Å². The molecule has 118 valence electrons. The number of hydrogen-bond donors (Lipinski definition) is 0. The van der Waals surface area contributed by atoms with Crippen LogP contribution in [0.5, 0.6) is 0 Å². The lowest BCUT2D eigenvalue weighted by molar-refractivity contribution is -0.131. The summed E-state index contributed by atoms with van der Waals surface area (Å²) in [5, 5.41) is 6.55. The molecule has 2 aromatic rings. The van der Waals surface area contributed by atoms with Gasteiger partial charge in [0.05, 0.1) is 6.54 Å². The predicted molar refractivity (Wildman–Crippen MR) is 90.3 cm³/mol. The Balaban J connectivity index is 2.03. The van der Waals surface area contributed by atoms with E-state index in [4.69, 9.17) is 0 Å². The number of likely N-dealkylation sites (N-methyl/N-ethyl adjacent to an activating group) is 2. The van der Waals surface area contributed by atoms with Crippen molar-refractivity contribution in [2.45, 2.75) is 13.8 Å². The van der Waals surface area contributed by atoms with Gasteiger partial charge in [-0.05, 0) is 25.3 Å². The summed E-state index contributed by atoms with van der Waals surface area (Å²) in [5.41, 5.74) is 1.41. The summed E-state index contributed by atoms with van der Waals surface area (Å²) in [6.07, 6.45) is 0. The molecule has 0 atom stereocenters. The van der Waals surface area contributed by atoms with E-state index < -0.39 is 0 Å². The van der Waals surface area contributed by atoms with Gasteiger partial charge < -0.3 is 9.80 Å². The first-order chi connectivity index (χ1) is 10.6. The summed E-state index contributed by atoms with van der Waals surface area (Å²) < 4.78 is 0. The second kappa shape index (κ2) is 7.51. The molecule has 0 unspecified atom stereocenters. The molecule has 0 aliphatic heterocycles. The third-order valence-corrected chi connectivity index (χ3v) is 4.90. The van der Waals surface area contributed by atoms with Gasteiger partial charge >= 0.3 is 0 Å². The highest BCUT2D eigenvalue weighted by atomic mass is 32.1. The van der Waals surface area contributed by atoms with Crippen molar-refractivity contribution in [2.75, 3.05) is 26.7 Å². The van der Waals surface area contributed by atoms with Gasteiger partial charge in [-0.2, -0.15) is 11.3 Å². The van der Waals surface area contributed by atoms with Crippen molar-refractivity contribution in [3.63, 3.8) is 0 Å². The Labute approximate surface area is 138 Å². The Kier molecular flexibility index (Phi) is 5.68. The largest absolute Gasteiger partial charge is 0.342 e. The summed E-state index contributed by atoms with van der Waals surface area (Å²) in [5.74, 6) is -0.271. The highest BCUT2D eigenvalue weighted by molar-refractivity contribution is 7.14. The number of aromatic nitrogens is 1. The van der Waals surface area contributed by atoms with Crippen LogP contribution in [-0.4, -0.2) is 53.3 Å². The Bertz CT molecular complexity index is 633. The zero-order valence-corrected chi connectivity index (χ0v) is 14.5. The van der Waals surface area contributed by atoms with E-state index in [0.29, 0.717) is 18.8 Å². The molecule has 2 heterocycles. The SMILES string of the molecule is CCN(CC)C(=O)CN(C)C(=O)c1csc(-c2ccsc2)n1. The number of nitrogens with zero attached hydrogens (tertiary/aromatic N) is 3. The lowest BCUT2D eigenvalue weighted by Crippen LogP contribution is -2.41. The van der Waals surface area contributed by atoms with Crippen LogP contribution in [0.4, 0.5) is 0 Å². The van der Waals surface area contributed by atoms with E-state index in [-0.39, 0.29) is 18.4 Å². The first kappa shape index (κ1) is 16.6. The van der Waals surface area contributed by atoms with E-state index in [9.17, 15) is 9.59 Å². The van der Waals surface area contributed by atoms with E-state index in [0.717, 1.165) is 10.6 Å². The zero-order chi connectivity index (χ0) is 16.1. The van der Waals surface area contributed by atoms with Crippen molar-refractivity contribution in [2.24, 2.45) is 0 Å². The molecule has 0 aliphatic rings. The fraction of sp³-hybridized carbons (Fsp3) is 0.400. The Morgan fingerprint density at radius 1 is 1.23 bits per heavy atom. The molecule has 0 N–H and O–H groups in total. The minimum atomic E-state index is -0.224. The lowest BCUT2D eigenvalue weighted by atomic mass is 10.3. The maximum Gasteiger partial charge on any atom is 0.273 e. The normalized spacial score (nSPS) is 10.5. The maximum absolute atomic E-state index is 12.4. The van der Waals surface area contributed by atoms with Gasteiger partial charge in [0.15, 0.2) is 0 Å². The fourth-order valence-corrected chi connectivity index (χ4v) is 3.54. The monoisotopic (exact) mass is 337 g/mol. The fourth-order valence-electron chi connectivity index (χ4n) is 2.04. The molecular weight excluding hydrogens is 318 g/mol. The molecule has 0 saturated heterocycles. The molecule has 0 saturated carbocycles. The van der Waals surface area contributed by atoms with E-state index in [2.05, 4.69) is 4.98 Å². The van der Waals surface area contributed by atoms with Gasteiger partial charge in [-0.1, -0.05) is 0 Å². The maximum atomic E-state index is 12.4. The molecule has 0 aliphatic carbocycles. The van der Waals surface area contributed by atoms with Crippen molar-refractivity contribution in [3.8, 4) is 10.6 Å². The van der Waals surface area contributed by atoms with Crippen molar-refractivity contribution in [1.29, 1.82) is 0 Å². The van der Waals surface area contributed by atoms with E-state index in [1.165, 1.54) is 16.2 Å². The van der Waals surface area contributed by atoms with Gasteiger partial charge in [-0.3, -0.25) is 9.59 Å². The molecule has 2 rings (SSSR count). The topological polar surface area (TPSA) is 53.5 Å². The number of hydrogen-bond acceptors (Lipinski definition) is 5. The molecule has 2 amide bonds. The second-order valence-electron chi connectivity index (χ2n) is 4.78. The summed E-state index contributed by atoms with van der Waals surface area (Å²) in [6.45, 7) is 5.23. The zero-order valence-electron chi connectivity index (χ0n) is 12.9. The van der Waals surface area contributed by atoms with Crippen LogP contribution in [0.3, 0.4) is 0 Å². The number of amides is 2. The summed E-state index contributed by atoms with van der Waals surface area (Å²) in [7, 11) is 1.63. The number of carbonyl (C=O) groups is 2.